The number of hydrogen-bond acceptors (Lipinski definition) is 5. The van der Waals surface area contributed by atoms with Gasteiger partial charge in [-0.2, -0.15) is 0 Å². The zero-order valence-corrected chi connectivity index (χ0v) is 18.1. The van der Waals surface area contributed by atoms with Crippen LogP contribution in [-0.4, -0.2) is 57.4 Å². The summed E-state index contributed by atoms with van der Waals surface area (Å²) in [5, 5.41) is 3.09. The molecule has 0 radical (unpaired) electrons. The number of benzene rings is 2. The maximum Gasteiger partial charge on any atom is 0.223 e. The first-order chi connectivity index (χ1) is 14.6. The van der Waals surface area contributed by atoms with E-state index in [4.69, 9.17) is 14.2 Å². The average Bonchev–Trinajstić information content (AvgIpc) is 2.78. The monoisotopic (exact) mass is 412 g/mol. The molecular formula is C24H32N2O4. The molecule has 6 heteroatoms. The van der Waals surface area contributed by atoms with E-state index < -0.39 is 0 Å². The molecule has 0 bridgehead atoms. The van der Waals surface area contributed by atoms with Crippen LogP contribution in [0, 0.1) is 13.8 Å². The minimum atomic E-state index is -0.00734. The van der Waals surface area contributed by atoms with E-state index in [-0.39, 0.29) is 11.9 Å². The van der Waals surface area contributed by atoms with Crippen molar-refractivity contribution in [2.45, 2.75) is 26.3 Å². The third-order valence-corrected chi connectivity index (χ3v) is 5.62. The van der Waals surface area contributed by atoms with Crippen LogP contribution in [0.3, 0.4) is 0 Å². The summed E-state index contributed by atoms with van der Waals surface area (Å²) < 4.78 is 16.6. The molecule has 3 rings (SSSR count). The van der Waals surface area contributed by atoms with Crippen LogP contribution in [0.4, 0.5) is 0 Å². The Morgan fingerprint density at radius 2 is 1.87 bits per heavy atom. The Labute approximate surface area is 179 Å². The van der Waals surface area contributed by atoms with Crippen molar-refractivity contribution in [3.63, 3.8) is 0 Å². The Morgan fingerprint density at radius 3 is 2.57 bits per heavy atom. The molecule has 1 aliphatic rings. The van der Waals surface area contributed by atoms with Crippen LogP contribution in [0.25, 0.3) is 0 Å². The van der Waals surface area contributed by atoms with Crippen molar-refractivity contribution < 1.29 is 19.0 Å². The second-order valence-corrected chi connectivity index (χ2v) is 7.54. The highest BCUT2D eigenvalue weighted by atomic mass is 16.5. The van der Waals surface area contributed by atoms with E-state index in [9.17, 15) is 4.79 Å². The fourth-order valence-electron chi connectivity index (χ4n) is 3.61. The van der Waals surface area contributed by atoms with E-state index >= 15 is 0 Å². The van der Waals surface area contributed by atoms with Crippen molar-refractivity contribution >= 4 is 5.91 Å². The van der Waals surface area contributed by atoms with Crippen LogP contribution in [0.2, 0.25) is 0 Å². The van der Waals surface area contributed by atoms with Gasteiger partial charge in [-0.1, -0.05) is 24.3 Å². The van der Waals surface area contributed by atoms with E-state index in [1.54, 1.807) is 7.11 Å². The van der Waals surface area contributed by atoms with E-state index in [2.05, 4.69) is 35.3 Å². The lowest BCUT2D eigenvalue weighted by molar-refractivity contribution is -0.121. The first kappa shape index (κ1) is 22.1. The molecule has 1 unspecified atom stereocenters. The molecule has 6 nitrogen and oxygen atoms in total. The first-order valence-electron chi connectivity index (χ1n) is 10.5. The van der Waals surface area contributed by atoms with Gasteiger partial charge in [0.2, 0.25) is 5.91 Å². The second-order valence-electron chi connectivity index (χ2n) is 7.54. The van der Waals surface area contributed by atoms with Gasteiger partial charge in [0.1, 0.15) is 11.5 Å². The number of nitrogens with one attached hydrogen (secondary N) is 1. The number of amides is 1. The molecule has 0 aromatic heterocycles. The van der Waals surface area contributed by atoms with Crippen LogP contribution in [0.5, 0.6) is 11.5 Å². The number of morpholine rings is 1. The molecule has 1 fully saturated rings. The van der Waals surface area contributed by atoms with Crippen LogP contribution in [-0.2, 0) is 9.53 Å². The molecule has 2 aromatic rings. The quantitative estimate of drug-likeness (QED) is 0.685. The Morgan fingerprint density at radius 1 is 1.13 bits per heavy atom. The zero-order chi connectivity index (χ0) is 21.3. The minimum absolute atomic E-state index is 0.00734. The fourth-order valence-corrected chi connectivity index (χ4v) is 3.61. The lowest BCUT2D eigenvalue weighted by Crippen LogP contribution is -2.44. The van der Waals surface area contributed by atoms with Gasteiger partial charge >= 0.3 is 0 Å². The van der Waals surface area contributed by atoms with E-state index in [1.165, 1.54) is 5.56 Å². The van der Waals surface area contributed by atoms with Crippen molar-refractivity contribution in [1.82, 2.24) is 10.2 Å². The van der Waals surface area contributed by atoms with E-state index in [0.29, 0.717) is 32.8 Å². The van der Waals surface area contributed by atoms with Gasteiger partial charge in [0, 0.05) is 19.6 Å². The van der Waals surface area contributed by atoms with Gasteiger partial charge < -0.3 is 19.5 Å². The van der Waals surface area contributed by atoms with E-state index in [0.717, 1.165) is 35.7 Å². The molecule has 1 aliphatic heterocycles. The van der Waals surface area contributed by atoms with Crippen LogP contribution < -0.4 is 14.8 Å². The number of rotatable bonds is 9. The molecule has 0 aliphatic carbocycles. The lowest BCUT2D eigenvalue weighted by atomic mass is 10.0. The summed E-state index contributed by atoms with van der Waals surface area (Å²) in [6, 6.07) is 14.1. The number of methoxy groups -OCH3 is 1. The molecule has 0 spiro atoms. The Balaban J connectivity index is 1.54. The Bertz CT molecular complexity index is 816. The normalized spacial score (nSPS) is 15.4. The summed E-state index contributed by atoms with van der Waals surface area (Å²) in [5.74, 6) is 1.66. The first-order valence-corrected chi connectivity index (χ1v) is 10.5. The summed E-state index contributed by atoms with van der Waals surface area (Å²) in [4.78, 5) is 14.8. The molecule has 1 atom stereocenters. The number of carbonyl (C=O) groups excluding carboxylic acids is 1. The second kappa shape index (κ2) is 11.0. The van der Waals surface area contributed by atoms with Gasteiger partial charge in [-0.15, -0.1) is 0 Å². The summed E-state index contributed by atoms with van der Waals surface area (Å²) in [6.07, 6.45) is 0.325. The molecule has 1 saturated heterocycles. The van der Waals surface area contributed by atoms with E-state index in [1.807, 2.05) is 31.2 Å². The highest BCUT2D eigenvalue weighted by Crippen LogP contribution is 2.24. The molecule has 1 heterocycles. The highest BCUT2D eigenvalue weighted by molar-refractivity contribution is 5.76. The number of nitrogens with zero attached hydrogens (tertiary/aromatic N) is 1. The number of ether oxygens (including phenoxy) is 3. The lowest BCUT2D eigenvalue weighted by Gasteiger charge is -2.35. The Kier molecular flexibility index (Phi) is 8.11. The van der Waals surface area contributed by atoms with Crippen LogP contribution in [0.15, 0.2) is 42.5 Å². The van der Waals surface area contributed by atoms with Crippen molar-refractivity contribution in [2.24, 2.45) is 0 Å². The average molecular weight is 413 g/mol. The highest BCUT2D eigenvalue weighted by Gasteiger charge is 2.23. The standard InChI is InChI=1S/C24H32N2O4/c1-18-5-4-6-23(19(18)2)30-14-11-24(27)25-17-22(26-12-15-29-16-13-26)20-7-9-21(28-3)10-8-20/h4-10,22H,11-17H2,1-3H3,(H,25,27). The van der Waals surface area contributed by atoms with Gasteiger partial charge in [-0.3, -0.25) is 9.69 Å². The summed E-state index contributed by atoms with van der Waals surface area (Å²) >= 11 is 0. The van der Waals surface area contributed by atoms with Crippen LogP contribution >= 0.6 is 0 Å². The van der Waals surface area contributed by atoms with Crippen molar-refractivity contribution in [1.29, 1.82) is 0 Å². The number of hydrogen-bond donors (Lipinski definition) is 1. The van der Waals surface area contributed by atoms with Gasteiger partial charge in [-0.25, -0.2) is 0 Å². The number of aryl methyl sites for hydroxylation is 1. The summed E-state index contributed by atoms with van der Waals surface area (Å²) in [5.41, 5.74) is 3.46. The van der Waals surface area contributed by atoms with Crippen molar-refractivity contribution in [2.75, 3.05) is 46.6 Å². The molecule has 2 aromatic carbocycles. The van der Waals surface area contributed by atoms with Gasteiger partial charge in [0.05, 0.1) is 39.4 Å². The van der Waals surface area contributed by atoms with Crippen molar-refractivity contribution in [3.8, 4) is 11.5 Å². The summed E-state index contributed by atoms with van der Waals surface area (Å²) in [7, 11) is 1.66. The van der Waals surface area contributed by atoms with Gasteiger partial charge in [0.15, 0.2) is 0 Å². The summed E-state index contributed by atoms with van der Waals surface area (Å²) in [6.45, 7) is 8.13. The third kappa shape index (κ3) is 5.97. The van der Waals surface area contributed by atoms with Crippen molar-refractivity contribution in [3.05, 3.63) is 59.2 Å². The maximum atomic E-state index is 12.4. The minimum Gasteiger partial charge on any atom is -0.497 e. The predicted molar refractivity (Wildman–Crippen MR) is 117 cm³/mol. The molecular weight excluding hydrogens is 380 g/mol. The predicted octanol–water partition coefficient (Wildman–Crippen LogP) is 3.27. The SMILES string of the molecule is COc1ccc(C(CNC(=O)CCOc2cccc(C)c2C)N2CCOCC2)cc1. The van der Waals surface area contributed by atoms with Crippen LogP contribution in [0.1, 0.15) is 29.2 Å². The number of carbonyl (C=O) groups is 1. The van der Waals surface area contributed by atoms with Gasteiger partial charge in [-0.05, 0) is 48.7 Å². The molecule has 0 saturated carbocycles. The fraction of sp³-hybridized carbons (Fsp3) is 0.458. The molecule has 1 amide bonds. The third-order valence-electron chi connectivity index (χ3n) is 5.62. The zero-order valence-electron chi connectivity index (χ0n) is 18.1. The maximum absolute atomic E-state index is 12.4. The molecule has 1 N–H and O–H groups in total. The Hall–Kier alpha value is -2.57. The molecule has 162 valence electrons. The topological polar surface area (TPSA) is 60.0 Å². The largest absolute Gasteiger partial charge is 0.497 e. The molecule has 30 heavy (non-hydrogen) atoms. The van der Waals surface area contributed by atoms with Gasteiger partial charge in [0.25, 0.3) is 0 Å². The smallest absolute Gasteiger partial charge is 0.223 e.